The molecule has 0 aliphatic carbocycles. The Hall–Kier alpha value is -1.46. The molecule has 19 heavy (non-hydrogen) atoms. The molecule has 0 aromatic carbocycles. The Labute approximate surface area is 115 Å². The number of nitrogens with zero attached hydrogens (tertiary/aromatic N) is 2. The third-order valence-electron chi connectivity index (χ3n) is 2.63. The molecule has 1 N–H and O–H groups in total. The number of carbonyl (C=O) groups is 2. The van der Waals surface area contributed by atoms with Gasteiger partial charge in [0.15, 0.2) is 0 Å². The van der Waals surface area contributed by atoms with Crippen molar-refractivity contribution in [3.63, 3.8) is 0 Å². The van der Waals surface area contributed by atoms with E-state index in [2.05, 4.69) is 5.32 Å². The van der Waals surface area contributed by atoms with Crippen LogP contribution in [0.4, 0.5) is 9.59 Å². The first kappa shape index (κ1) is 15.6. The number of ether oxygens (including phenoxy) is 1. The van der Waals surface area contributed by atoms with Crippen LogP contribution < -0.4 is 5.32 Å². The highest BCUT2D eigenvalue weighted by Gasteiger charge is 2.27. The van der Waals surface area contributed by atoms with Crippen molar-refractivity contribution in [2.45, 2.75) is 46.3 Å². The van der Waals surface area contributed by atoms with Crippen LogP contribution >= 0.6 is 0 Å². The van der Waals surface area contributed by atoms with Gasteiger partial charge in [-0.25, -0.2) is 9.59 Å². The van der Waals surface area contributed by atoms with Gasteiger partial charge in [0.1, 0.15) is 5.60 Å². The first-order valence-corrected chi connectivity index (χ1v) is 6.72. The van der Waals surface area contributed by atoms with Crippen LogP contribution in [0.2, 0.25) is 0 Å². The summed E-state index contributed by atoms with van der Waals surface area (Å²) >= 11 is 0. The lowest BCUT2D eigenvalue weighted by Gasteiger charge is -2.35. The summed E-state index contributed by atoms with van der Waals surface area (Å²) in [5.74, 6) is 0. The summed E-state index contributed by atoms with van der Waals surface area (Å²) in [5.41, 5.74) is -0.483. The Morgan fingerprint density at radius 3 is 1.95 bits per heavy atom. The van der Waals surface area contributed by atoms with E-state index in [9.17, 15) is 9.59 Å². The lowest BCUT2D eigenvalue weighted by Crippen LogP contribution is -2.54. The molecule has 1 rings (SSSR count). The Morgan fingerprint density at radius 2 is 1.53 bits per heavy atom. The van der Waals surface area contributed by atoms with Crippen molar-refractivity contribution in [3.8, 4) is 0 Å². The fourth-order valence-electron chi connectivity index (χ4n) is 1.76. The monoisotopic (exact) mass is 271 g/mol. The molecule has 0 unspecified atom stereocenters. The summed E-state index contributed by atoms with van der Waals surface area (Å²) in [4.78, 5) is 27.0. The summed E-state index contributed by atoms with van der Waals surface area (Å²) < 4.78 is 5.31. The molecule has 6 heteroatoms. The lowest BCUT2D eigenvalue weighted by atomic mass is 10.2. The van der Waals surface area contributed by atoms with Crippen LogP contribution in [0.5, 0.6) is 0 Å². The number of urea groups is 1. The molecule has 0 atom stereocenters. The number of hydrogen-bond acceptors (Lipinski definition) is 3. The Kier molecular flexibility index (Phi) is 5.03. The number of piperazine rings is 1. The molecule has 1 saturated heterocycles. The van der Waals surface area contributed by atoms with Gasteiger partial charge in [-0.05, 0) is 34.6 Å². The van der Waals surface area contributed by atoms with Gasteiger partial charge in [0.2, 0.25) is 0 Å². The smallest absolute Gasteiger partial charge is 0.410 e. The van der Waals surface area contributed by atoms with Crippen molar-refractivity contribution in [2.24, 2.45) is 0 Å². The molecule has 0 radical (unpaired) electrons. The van der Waals surface area contributed by atoms with Crippen LogP contribution in [0.15, 0.2) is 0 Å². The summed E-state index contributed by atoms with van der Waals surface area (Å²) in [6, 6.07) is 0.0511. The third-order valence-corrected chi connectivity index (χ3v) is 2.63. The van der Waals surface area contributed by atoms with Crippen molar-refractivity contribution in [1.29, 1.82) is 0 Å². The maximum atomic E-state index is 11.9. The Balaban J connectivity index is 2.40. The summed E-state index contributed by atoms with van der Waals surface area (Å²) in [7, 11) is 0. The molecule has 6 nitrogen and oxygen atoms in total. The van der Waals surface area contributed by atoms with Crippen molar-refractivity contribution < 1.29 is 14.3 Å². The van der Waals surface area contributed by atoms with Gasteiger partial charge in [-0.15, -0.1) is 0 Å². The van der Waals surface area contributed by atoms with Gasteiger partial charge >= 0.3 is 12.1 Å². The van der Waals surface area contributed by atoms with Gasteiger partial charge in [-0.1, -0.05) is 0 Å². The van der Waals surface area contributed by atoms with E-state index in [-0.39, 0.29) is 18.2 Å². The van der Waals surface area contributed by atoms with Crippen molar-refractivity contribution in [3.05, 3.63) is 0 Å². The number of rotatable bonds is 1. The maximum absolute atomic E-state index is 11.9. The average Bonchev–Trinajstić information content (AvgIpc) is 2.26. The van der Waals surface area contributed by atoms with Gasteiger partial charge in [0.25, 0.3) is 0 Å². The predicted molar refractivity (Wildman–Crippen MR) is 73.0 cm³/mol. The second kappa shape index (κ2) is 6.12. The van der Waals surface area contributed by atoms with E-state index in [4.69, 9.17) is 4.74 Å². The SMILES string of the molecule is CC(C)NC(=O)N1CCN(C(=O)OC(C)(C)C)CC1. The molecule has 1 aliphatic heterocycles. The van der Waals surface area contributed by atoms with Crippen LogP contribution in [0, 0.1) is 0 Å². The van der Waals surface area contributed by atoms with Gasteiger partial charge in [0, 0.05) is 32.2 Å². The van der Waals surface area contributed by atoms with Gasteiger partial charge < -0.3 is 19.9 Å². The molecule has 3 amide bonds. The number of nitrogens with one attached hydrogen (secondary N) is 1. The van der Waals surface area contributed by atoms with E-state index in [0.717, 1.165) is 0 Å². The lowest BCUT2D eigenvalue weighted by molar-refractivity contribution is 0.0169. The van der Waals surface area contributed by atoms with Gasteiger partial charge in [-0.2, -0.15) is 0 Å². The second-order valence-electron chi connectivity index (χ2n) is 6.06. The van der Waals surface area contributed by atoms with E-state index >= 15 is 0 Å². The standard InChI is InChI=1S/C13H25N3O3/c1-10(2)14-11(17)15-6-8-16(9-7-15)12(18)19-13(3,4)5/h10H,6-9H2,1-5H3,(H,14,17). The molecule has 1 heterocycles. The van der Waals surface area contributed by atoms with E-state index in [1.807, 2.05) is 34.6 Å². The summed E-state index contributed by atoms with van der Waals surface area (Å²) in [6.45, 7) is 11.5. The highest BCUT2D eigenvalue weighted by Crippen LogP contribution is 2.11. The van der Waals surface area contributed by atoms with Crippen LogP contribution in [0.3, 0.4) is 0 Å². The molecule has 0 saturated carbocycles. The molecule has 1 aliphatic rings. The highest BCUT2D eigenvalue weighted by atomic mass is 16.6. The largest absolute Gasteiger partial charge is 0.444 e. The normalized spacial score (nSPS) is 16.5. The van der Waals surface area contributed by atoms with Crippen molar-refractivity contribution in [2.75, 3.05) is 26.2 Å². The minimum absolute atomic E-state index is 0.0705. The first-order valence-electron chi connectivity index (χ1n) is 6.72. The first-order chi connectivity index (χ1) is 8.69. The van der Waals surface area contributed by atoms with E-state index < -0.39 is 5.60 Å². The molecular weight excluding hydrogens is 246 g/mol. The van der Waals surface area contributed by atoms with Crippen molar-refractivity contribution in [1.82, 2.24) is 15.1 Å². The minimum Gasteiger partial charge on any atom is -0.444 e. The molecule has 0 spiro atoms. The molecule has 0 bridgehead atoms. The number of carbonyl (C=O) groups excluding carboxylic acids is 2. The summed E-state index contributed by atoms with van der Waals surface area (Å²) in [5, 5.41) is 2.85. The molecular formula is C13H25N3O3. The van der Waals surface area contributed by atoms with E-state index in [0.29, 0.717) is 26.2 Å². The number of amides is 3. The quantitative estimate of drug-likeness (QED) is 0.789. The Morgan fingerprint density at radius 1 is 1.05 bits per heavy atom. The minimum atomic E-state index is -0.483. The zero-order valence-corrected chi connectivity index (χ0v) is 12.5. The predicted octanol–water partition coefficient (Wildman–Crippen LogP) is 1.66. The highest BCUT2D eigenvalue weighted by molar-refractivity contribution is 5.75. The fourth-order valence-corrected chi connectivity index (χ4v) is 1.76. The van der Waals surface area contributed by atoms with Crippen LogP contribution in [0.25, 0.3) is 0 Å². The fraction of sp³-hybridized carbons (Fsp3) is 0.846. The topological polar surface area (TPSA) is 61.9 Å². The second-order valence-corrected chi connectivity index (χ2v) is 6.06. The maximum Gasteiger partial charge on any atom is 0.410 e. The summed E-state index contributed by atoms with van der Waals surface area (Å²) in [6.07, 6.45) is -0.309. The van der Waals surface area contributed by atoms with Gasteiger partial charge in [-0.3, -0.25) is 0 Å². The number of hydrogen-bond donors (Lipinski definition) is 1. The van der Waals surface area contributed by atoms with E-state index in [1.165, 1.54) is 0 Å². The average molecular weight is 271 g/mol. The Bertz CT molecular complexity index is 329. The molecule has 1 fully saturated rings. The zero-order chi connectivity index (χ0) is 14.6. The molecule has 0 aromatic heterocycles. The van der Waals surface area contributed by atoms with Crippen LogP contribution in [0.1, 0.15) is 34.6 Å². The van der Waals surface area contributed by atoms with E-state index in [1.54, 1.807) is 9.80 Å². The third kappa shape index (κ3) is 5.36. The van der Waals surface area contributed by atoms with Crippen molar-refractivity contribution >= 4 is 12.1 Å². The van der Waals surface area contributed by atoms with Crippen LogP contribution in [-0.2, 0) is 4.74 Å². The van der Waals surface area contributed by atoms with Gasteiger partial charge in [0.05, 0.1) is 0 Å². The molecule has 110 valence electrons. The zero-order valence-electron chi connectivity index (χ0n) is 12.5. The molecule has 0 aromatic rings. The van der Waals surface area contributed by atoms with Crippen LogP contribution in [-0.4, -0.2) is 59.7 Å².